The number of hydrogen-bond acceptors (Lipinski definition) is 5. The molecule has 25 heavy (non-hydrogen) atoms. The van der Waals surface area contributed by atoms with Gasteiger partial charge in [0.1, 0.15) is 6.04 Å². The molecule has 0 saturated heterocycles. The second-order valence-corrected chi connectivity index (χ2v) is 5.67. The summed E-state index contributed by atoms with van der Waals surface area (Å²) in [6.45, 7) is 3.46. The van der Waals surface area contributed by atoms with E-state index in [4.69, 9.17) is 4.74 Å². The summed E-state index contributed by atoms with van der Waals surface area (Å²) in [6.07, 6.45) is 1.34. The van der Waals surface area contributed by atoms with Crippen LogP contribution in [0.5, 0.6) is 0 Å². The number of nitrogens with one attached hydrogen (secondary N) is 1. The van der Waals surface area contributed by atoms with Crippen LogP contribution in [0.15, 0.2) is 36.5 Å². The van der Waals surface area contributed by atoms with Crippen molar-refractivity contribution in [1.82, 2.24) is 10.3 Å². The van der Waals surface area contributed by atoms with Gasteiger partial charge in [-0.15, -0.1) is 0 Å². The molecule has 2 aromatic rings. The summed E-state index contributed by atoms with van der Waals surface area (Å²) in [6, 6.07) is 7.75. The Labute approximate surface area is 145 Å². The number of fused-ring (bicyclic) bond motifs is 1. The molecule has 7 nitrogen and oxygen atoms in total. The minimum Gasteiger partial charge on any atom is -0.480 e. The minimum absolute atomic E-state index is 0.0546. The fourth-order valence-corrected chi connectivity index (χ4v) is 2.39. The highest BCUT2D eigenvalue weighted by Crippen LogP contribution is 2.14. The molecule has 2 N–H and O–H groups in total. The van der Waals surface area contributed by atoms with Crippen molar-refractivity contribution in [2.45, 2.75) is 26.3 Å². The Morgan fingerprint density at radius 2 is 2.00 bits per heavy atom. The van der Waals surface area contributed by atoms with E-state index >= 15 is 0 Å². The second-order valence-electron chi connectivity index (χ2n) is 5.67. The van der Waals surface area contributed by atoms with Crippen molar-refractivity contribution < 1.29 is 24.2 Å². The highest BCUT2D eigenvalue weighted by Gasteiger charge is 2.27. The van der Waals surface area contributed by atoms with Gasteiger partial charge in [0.05, 0.1) is 23.6 Å². The number of esters is 1. The quantitative estimate of drug-likeness (QED) is 0.744. The lowest BCUT2D eigenvalue weighted by atomic mass is 10.0. The maximum absolute atomic E-state index is 12.3. The SMILES string of the molecule is CCOC(=O)[C@@H](C)C[C@H](NC(=O)c1cnc2ccccc2c1)C(=O)O. The molecule has 132 valence electrons. The number of aromatic nitrogens is 1. The molecule has 0 saturated carbocycles. The summed E-state index contributed by atoms with van der Waals surface area (Å²) in [4.78, 5) is 39.6. The number of ether oxygens (including phenoxy) is 1. The van der Waals surface area contributed by atoms with Gasteiger partial charge in [0.25, 0.3) is 5.91 Å². The van der Waals surface area contributed by atoms with Crippen molar-refractivity contribution in [2.75, 3.05) is 6.61 Å². The average Bonchev–Trinajstić information content (AvgIpc) is 2.60. The number of para-hydroxylation sites is 1. The lowest BCUT2D eigenvalue weighted by Crippen LogP contribution is -2.42. The molecule has 1 aromatic heterocycles. The third-order valence-electron chi connectivity index (χ3n) is 3.73. The van der Waals surface area contributed by atoms with Gasteiger partial charge < -0.3 is 15.2 Å². The van der Waals surface area contributed by atoms with Gasteiger partial charge in [-0.3, -0.25) is 14.6 Å². The van der Waals surface area contributed by atoms with Crippen LogP contribution in [-0.4, -0.2) is 40.6 Å². The molecule has 0 unspecified atom stereocenters. The number of carboxylic acids is 1. The van der Waals surface area contributed by atoms with E-state index in [0.29, 0.717) is 0 Å². The van der Waals surface area contributed by atoms with Crippen molar-refractivity contribution >= 4 is 28.7 Å². The largest absolute Gasteiger partial charge is 0.480 e. The third-order valence-corrected chi connectivity index (χ3v) is 3.73. The predicted octanol–water partition coefficient (Wildman–Crippen LogP) is 2.01. The number of rotatable bonds is 7. The molecule has 0 fully saturated rings. The van der Waals surface area contributed by atoms with Gasteiger partial charge in [0.2, 0.25) is 0 Å². The Morgan fingerprint density at radius 1 is 1.28 bits per heavy atom. The molecule has 1 amide bonds. The van der Waals surface area contributed by atoms with Crippen LogP contribution < -0.4 is 5.32 Å². The van der Waals surface area contributed by atoms with E-state index in [0.717, 1.165) is 10.9 Å². The maximum Gasteiger partial charge on any atom is 0.326 e. The highest BCUT2D eigenvalue weighted by molar-refractivity contribution is 5.99. The van der Waals surface area contributed by atoms with Crippen molar-refractivity contribution in [3.8, 4) is 0 Å². The van der Waals surface area contributed by atoms with Crippen LogP contribution in [0.3, 0.4) is 0 Å². The number of hydrogen-bond donors (Lipinski definition) is 2. The second kappa shape index (κ2) is 8.23. The van der Waals surface area contributed by atoms with Crippen molar-refractivity contribution in [1.29, 1.82) is 0 Å². The number of benzene rings is 1. The van der Waals surface area contributed by atoms with E-state index in [1.54, 1.807) is 19.9 Å². The Hall–Kier alpha value is -2.96. The number of carboxylic acid groups (broad SMARTS) is 1. The van der Waals surface area contributed by atoms with Crippen LogP contribution in [0.1, 0.15) is 30.6 Å². The summed E-state index contributed by atoms with van der Waals surface area (Å²) in [5.74, 6) is -2.90. The Morgan fingerprint density at radius 3 is 2.68 bits per heavy atom. The number of pyridine rings is 1. The Bertz CT molecular complexity index is 790. The average molecular weight is 344 g/mol. The monoisotopic (exact) mass is 344 g/mol. The van der Waals surface area contributed by atoms with Crippen LogP contribution >= 0.6 is 0 Å². The molecule has 0 aliphatic heterocycles. The summed E-state index contributed by atoms with van der Waals surface area (Å²) in [7, 11) is 0. The Balaban J connectivity index is 2.10. The molecular formula is C18H20N2O5. The molecule has 0 aliphatic rings. The molecule has 1 heterocycles. The first kappa shape index (κ1) is 18.4. The summed E-state index contributed by atoms with van der Waals surface area (Å²) < 4.78 is 4.87. The normalized spacial score (nSPS) is 13.0. The van der Waals surface area contributed by atoms with Crippen LogP contribution in [-0.2, 0) is 14.3 Å². The minimum atomic E-state index is -1.21. The van der Waals surface area contributed by atoms with Crippen molar-refractivity contribution in [3.63, 3.8) is 0 Å². The van der Waals surface area contributed by atoms with Gasteiger partial charge in [-0.25, -0.2) is 4.79 Å². The third kappa shape index (κ3) is 4.76. The van der Waals surface area contributed by atoms with E-state index in [1.807, 2.05) is 24.3 Å². The molecule has 0 spiro atoms. The van der Waals surface area contributed by atoms with E-state index < -0.39 is 29.8 Å². The van der Waals surface area contributed by atoms with Crippen molar-refractivity contribution in [2.24, 2.45) is 5.92 Å². The van der Waals surface area contributed by atoms with Crippen LogP contribution in [0.2, 0.25) is 0 Å². The first-order valence-corrected chi connectivity index (χ1v) is 7.97. The molecule has 7 heteroatoms. The lowest BCUT2D eigenvalue weighted by Gasteiger charge is -2.18. The Kier molecular flexibility index (Phi) is 6.05. The first-order valence-electron chi connectivity index (χ1n) is 7.97. The topological polar surface area (TPSA) is 106 Å². The van der Waals surface area contributed by atoms with Gasteiger partial charge in [-0.2, -0.15) is 0 Å². The molecule has 0 aliphatic carbocycles. The zero-order valence-electron chi connectivity index (χ0n) is 14.1. The zero-order chi connectivity index (χ0) is 18.4. The number of aliphatic carboxylic acids is 1. The van der Waals surface area contributed by atoms with Gasteiger partial charge in [0, 0.05) is 11.6 Å². The van der Waals surface area contributed by atoms with Crippen LogP contribution in [0.4, 0.5) is 0 Å². The maximum atomic E-state index is 12.3. The van der Waals surface area contributed by atoms with E-state index in [9.17, 15) is 19.5 Å². The number of carbonyl (C=O) groups is 3. The summed E-state index contributed by atoms with van der Waals surface area (Å²) in [5, 5.41) is 12.5. The van der Waals surface area contributed by atoms with Gasteiger partial charge >= 0.3 is 11.9 Å². The first-order chi connectivity index (χ1) is 11.9. The smallest absolute Gasteiger partial charge is 0.326 e. The number of amides is 1. The zero-order valence-corrected chi connectivity index (χ0v) is 14.1. The fraction of sp³-hybridized carbons (Fsp3) is 0.333. The van der Waals surface area contributed by atoms with Crippen molar-refractivity contribution in [3.05, 3.63) is 42.1 Å². The number of nitrogens with zero attached hydrogens (tertiary/aromatic N) is 1. The van der Waals surface area contributed by atoms with Gasteiger partial charge in [-0.05, 0) is 25.5 Å². The molecule has 1 aromatic carbocycles. The molecule has 0 bridgehead atoms. The van der Waals surface area contributed by atoms with Crippen LogP contribution in [0.25, 0.3) is 10.9 Å². The number of carbonyl (C=O) groups excluding carboxylic acids is 2. The molecule has 0 radical (unpaired) electrons. The summed E-state index contributed by atoms with van der Waals surface area (Å²) in [5.41, 5.74) is 0.999. The van der Waals surface area contributed by atoms with E-state index in [-0.39, 0.29) is 18.6 Å². The lowest BCUT2D eigenvalue weighted by molar-refractivity contribution is -0.148. The van der Waals surface area contributed by atoms with E-state index in [2.05, 4.69) is 10.3 Å². The molecule has 2 rings (SSSR count). The highest BCUT2D eigenvalue weighted by atomic mass is 16.5. The fourth-order valence-electron chi connectivity index (χ4n) is 2.39. The van der Waals surface area contributed by atoms with Gasteiger partial charge in [-0.1, -0.05) is 25.1 Å². The summed E-state index contributed by atoms with van der Waals surface area (Å²) >= 11 is 0. The van der Waals surface area contributed by atoms with Gasteiger partial charge in [0.15, 0.2) is 0 Å². The molecule has 2 atom stereocenters. The molecular weight excluding hydrogens is 324 g/mol. The van der Waals surface area contributed by atoms with Crippen LogP contribution in [0, 0.1) is 5.92 Å². The standard InChI is InChI=1S/C18H20N2O5/c1-3-25-18(24)11(2)8-15(17(22)23)20-16(21)13-9-12-6-4-5-7-14(12)19-10-13/h4-7,9-11,15H,3,8H2,1-2H3,(H,20,21)(H,22,23)/t11-,15-/m0/s1. The predicted molar refractivity (Wildman–Crippen MR) is 91.0 cm³/mol. The van der Waals surface area contributed by atoms with E-state index in [1.165, 1.54) is 6.20 Å².